The fourth-order valence-electron chi connectivity index (χ4n) is 9.10. The first kappa shape index (κ1) is 64.4. The van der Waals surface area contributed by atoms with Gasteiger partial charge in [0, 0.05) is 12.8 Å². The Morgan fingerprint density at radius 3 is 1.26 bits per heavy atom. The van der Waals surface area contributed by atoms with Gasteiger partial charge < -0.3 is 64.2 Å². The standard InChI is InChI=1S/C55H102O15/c1-3-5-7-9-11-13-15-17-19-20-21-22-24-26-28-30-32-34-36-38-47(58)68-43(40-65-46(57)37-35-33-31-29-27-25-23-18-16-14-12-10-8-6-4-2)41-66-54-53(64)51(62)49(60)45(70-54)42-67-55-52(63)50(61)48(59)44(39-56)69-55/h17,19,43-45,48-56,59-64H,3-16,18,20-42H2,1-2H3/b19-17+/t43-,44+,45+,48-,49-,50?,51?,52?,53?,54+,55+/m1/s1. The maximum Gasteiger partial charge on any atom is 0.306 e. The molecule has 0 aromatic carbocycles. The minimum absolute atomic E-state index is 0.167. The molecule has 0 spiro atoms. The Hall–Kier alpha value is -1.76. The van der Waals surface area contributed by atoms with Crippen LogP contribution in [0, 0.1) is 0 Å². The second-order valence-corrected chi connectivity index (χ2v) is 20.1. The summed E-state index contributed by atoms with van der Waals surface area (Å²) in [5.74, 6) is -0.913. The Morgan fingerprint density at radius 1 is 0.443 bits per heavy atom. The molecule has 7 N–H and O–H groups in total. The maximum atomic E-state index is 13.0. The second kappa shape index (κ2) is 42.6. The molecule has 2 aliphatic heterocycles. The second-order valence-electron chi connectivity index (χ2n) is 20.1. The fraction of sp³-hybridized carbons (Fsp3) is 0.927. The number of ether oxygens (including phenoxy) is 6. The highest BCUT2D eigenvalue weighted by Crippen LogP contribution is 2.27. The summed E-state index contributed by atoms with van der Waals surface area (Å²) in [5.41, 5.74) is 0. The highest BCUT2D eigenvalue weighted by molar-refractivity contribution is 5.70. The van der Waals surface area contributed by atoms with Crippen molar-refractivity contribution in [2.75, 3.05) is 26.4 Å². The van der Waals surface area contributed by atoms with Crippen molar-refractivity contribution in [2.24, 2.45) is 0 Å². The van der Waals surface area contributed by atoms with Crippen LogP contribution in [-0.2, 0) is 38.0 Å². The van der Waals surface area contributed by atoms with E-state index in [0.717, 1.165) is 44.9 Å². The fourth-order valence-corrected chi connectivity index (χ4v) is 9.10. The molecule has 11 atom stereocenters. The van der Waals surface area contributed by atoms with Gasteiger partial charge in [-0.05, 0) is 38.5 Å². The molecular formula is C55H102O15. The summed E-state index contributed by atoms with van der Waals surface area (Å²) in [7, 11) is 0. The molecule has 0 radical (unpaired) electrons. The molecule has 0 aromatic rings. The molecular weight excluding hydrogens is 901 g/mol. The van der Waals surface area contributed by atoms with Gasteiger partial charge in [-0.3, -0.25) is 9.59 Å². The number of rotatable bonds is 45. The lowest BCUT2D eigenvalue weighted by molar-refractivity contribution is -0.332. The highest BCUT2D eigenvalue weighted by atomic mass is 16.7. The van der Waals surface area contributed by atoms with Gasteiger partial charge in [0.2, 0.25) is 0 Å². The molecule has 70 heavy (non-hydrogen) atoms. The first-order valence-electron chi connectivity index (χ1n) is 28.3. The SMILES string of the molecule is CCCCCCCC/C=C/CCCCCCCCCCCC(=O)O[C@H](COC(=O)CCCCCCCCCCCCCCCCC)CO[C@H]1O[C@@H](CO[C@H]2O[C@@H](CO)[C@@H](O)C(O)C2O)[C@@H](O)C(O)C1O. The molecule has 2 aliphatic rings. The van der Waals surface area contributed by atoms with E-state index in [-0.39, 0.29) is 26.1 Å². The number of carbonyl (C=O) groups excluding carboxylic acids is 2. The van der Waals surface area contributed by atoms with Gasteiger partial charge in [0.05, 0.1) is 19.8 Å². The summed E-state index contributed by atoms with van der Waals surface area (Å²) >= 11 is 0. The minimum Gasteiger partial charge on any atom is -0.462 e. The Morgan fingerprint density at radius 2 is 0.814 bits per heavy atom. The van der Waals surface area contributed by atoms with Crippen LogP contribution in [0.3, 0.4) is 0 Å². The Labute approximate surface area is 422 Å². The number of hydrogen-bond acceptors (Lipinski definition) is 15. The van der Waals surface area contributed by atoms with Gasteiger partial charge in [0.15, 0.2) is 18.7 Å². The average molecular weight is 1000 g/mol. The molecule has 4 unspecified atom stereocenters. The molecule has 15 heteroatoms. The number of esters is 2. The van der Waals surface area contributed by atoms with Crippen molar-refractivity contribution < 1.29 is 73.8 Å². The van der Waals surface area contributed by atoms with Crippen LogP contribution in [0.4, 0.5) is 0 Å². The Balaban J connectivity index is 1.76. The van der Waals surface area contributed by atoms with Crippen molar-refractivity contribution in [3.05, 3.63) is 12.2 Å². The average Bonchev–Trinajstić information content (AvgIpc) is 3.35. The van der Waals surface area contributed by atoms with E-state index in [1.807, 2.05) is 0 Å². The number of hydrogen-bond donors (Lipinski definition) is 7. The summed E-state index contributed by atoms with van der Waals surface area (Å²) in [6, 6.07) is 0. The molecule has 2 fully saturated rings. The molecule has 0 aliphatic carbocycles. The highest BCUT2D eigenvalue weighted by Gasteiger charge is 2.47. The van der Waals surface area contributed by atoms with Crippen molar-refractivity contribution >= 4 is 11.9 Å². The zero-order valence-electron chi connectivity index (χ0n) is 43.8. The summed E-state index contributed by atoms with van der Waals surface area (Å²) in [6.45, 7) is 2.63. The number of aliphatic hydroxyl groups is 7. The zero-order chi connectivity index (χ0) is 51.0. The molecule has 15 nitrogen and oxygen atoms in total. The first-order chi connectivity index (χ1) is 34.0. The zero-order valence-corrected chi connectivity index (χ0v) is 43.8. The third kappa shape index (κ3) is 29.8. The predicted molar refractivity (Wildman–Crippen MR) is 271 cm³/mol. The van der Waals surface area contributed by atoms with Crippen molar-refractivity contribution in [3.8, 4) is 0 Å². The molecule has 2 heterocycles. The largest absolute Gasteiger partial charge is 0.462 e. The van der Waals surface area contributed by atoms with E-state index >= 15 is 0 Å². The monoisotopic (exact) mass is 1000 g/mol. The quantitative estimate of drug-likeness (QED) is 0.0172. The van der Waals surface area contributed by atoms with Crippen molar-refractivity contribution in [3.63, 3.8) is 0 Å². The van der Waals surface area contributed by atoms with Crippen LogP contribution in [0.25, 0.3) is 0 Å². The molecule has 2 saturated heterocycles. The number of aliphatic hydroxyl groups excluding tert-OH is 7. The Bertz CT molecular complexity index is 1270. The number of allylic oxidation sites excluding steroid dienone is 2. The van der Waals surface area contributed by atoms with E-state index in [0.29, 0.717) is 12.8 Å². The van der Waals surface area contributed by atoms with Gasteiger partial charge in [0.25, 0.3) is 0 Å². The van der Waals surface area contributed by atoms with Crippen LogP contribution in [0.2, 0.25) is 0 Å². The normalized spacial score (nSPS) is 25.4. The lowest BCUT2D eigenvalue weighted by Crippen LogP contribution is -2.61. The van der Waals surface area contributed by atoms with Crippen LogP contribution < -0.4 is 0 Å². The van der Waals surface area contributed by atoms with Crippen molar-refractivity contribution in [1.82, 2.24) is 0 Å². The smallest absolute Gasteiger partial charge is 0.306 e. The lowest BCUT2D eigenvalue weighted by atomic mass is 9.98. The third-order valence-electron chi connectivity index (χ3n) is 13.7. The molecule has 0 aromatic heterocycles. The third-order valence-corrected chi connectivity index (χ3v) is 13.7. The topological polar surface area (TPSA) is 231 Å². The van der Waals surface area contributed by atoms with Gasteiger partial charge in [-0.2, -0.15) is 0 Å². The van der Waals surface area contributed by atoms with Crippen LogP contribution in [0.5, 0.6) is 0 Å². The van der Waals surface area contributed by atoms with E-state index in [9.17, 15) is 45.3 Å². The number of unbranched alkanes of at least 4 members (excludes halogenated alkanes) is 29. The summed E-state index contributed by atoms with van der Waals surface area (Å²) in [5, 5.41) is 72.2. The van der Waals surface area contributed by atoms with Crippen LogP contribution in [0.15, 0.2) is 12.2 Å². The van der Waals surface area contributed by atoms with Crippen LogP contribution in [-0.4, -0.2) is 142 Å². The molecule has 0 bridgehead atoms. The lowest BCUT2D eigenvalue weighted by Gasteiger charge is -2.42. The first-order valence-corrected chi connectivity index (χ1v) is 28.3. The molecule has 2 rings (SSSR count). The van der Waals surface area contributed by atoms with Gasteiger partial charge in [-0.15, -0.1) is 0 Å². The van der Waals surface area contributed by atoms with E-state index in [1.54, 1.807) is 0 Å². The summed E-state index contributed by atoms with van der Waals surface area (Å²) < 4.78 is 33.7. The van der Waals surface area contributed by atoms with E-state index < -0.39 is 92.7 Å². The molecule has 0 amide bonds. The van der Waals surface area contributed by atoms with Gasteiger partial charge in [-0.25, -0.2) is 0 Å². The predicted octanol–water partition coefficient (Wildman–Crippen LogP) is 8.94. The summed E-state index contributed by atoms with van der Waals surface area (Å²) in [6.07, 6.45) is 26.6. The van der Waals surface area contributed by atoms with Crippen molar-refractivity contribution in [2.45, 2.75) is 300 Å². The van der Waals surface area contributed by atoms with E-state index in [1.165, 1.54) is 148 Å². The van der Waals surface area contributed by atoms with E-state index in [4.69, 9.17) is 28.4 Å². The van der Waals surface area contributed by atoms with Gasteiger partial charge >= 0.3 is 11.9 Å². The van der Waals surface area contributed by atoms with Crippen LogP contribution >= 0.6 is 0 Å². The van der Waals surface area contributed by atoms with Crippen LogP contribution in [0.1, 0.15) is 232 Å². The van der Waals surface area contributed by atoms with Gasteiger partial charge in [-0.1, -0.05) is 193 Å². The summed E-state index contributed by atoms with van der Waals surface area (Å²) in [4.78, 5) is 25.8. The number of carbonyl (C=O) groups is 2. The van der Waals surface area contributed by atoms with Crippen molar-refractivity contribution in [1.29, 1.82) is 0 Å². The minimum atomic E-state index is -1.76. The Kier molecular flexibility index (Phi) is 39.1. The molecule has 0 saturated carbocycles. The van der Waals surface area contributed by atoms with E-state index in [2.05, 4.69) is 26.0 Å². The van der Waals surface area contributed by atoms with Gasteiger partial charge in [0.1, 0.15) is 55.4 Å². The maximum absolute atomic E-state index is 13.0. The molecule has 412 valence electrons.